The number of ether oxygens (including phenoxy) is 2. The van der Waals surface area contributed by atoms with Gasteiger partial charge in [-0.05, 0) is 61.8 Å². The molecule has 1 aliphatic carbocycles. The summed E-state index contributed by atoms with van der Waals surface area (Å²) >= 11 is 0. The van der Waals surface area contributed by atoms with Crippen molar-refractivity contribution in [2.45, 2.75) is 57.5 Å². The van der Waals surface area contributed by atoms with Gasteiger partial charge in [-0.1, -0.05) is 42.8 Å². The summed E-state index contributed by atoms with van der Waals surface area (Å²) in [6.07, 6.45) is 8.58. The van der Waals surface area contributed by atoms with E-state index in [0.717, 1.165) is 37.0 Å². The Hall–Kier alpha value is -2.29. The first-order chi connectivity index (χ1) is 12.8. The molecule has 1 saturated carbocycles. The highest BCUT2D eigenvalue weighted by Crippen LogP contribution is 2.34. The molecule has 2 aromatic rings. The highest BCUT2D eigenvalue weighted by molar-refractivity contribution is 5.71. The van der Waals surface area contributed by atoms with Crippen LogP contribution in [0, 0.1) is 0 Å². The Bertz CT molecular complexity index is 703. The lowest BCUT2D eigenvalue weighted by atomic mass is 9.96. The zero-order valence-electron chi connectivity index (χ0n) is 15.6. The predicted octanol–water partition coefficient (Wildman–Crippen LogP) is 5.56. The summed E-state index contributed by atoms with van der Waals surface area (Å²) in [6, 6.07) is 16.8. The maximum absolute atomic E-state index is 11.3. The monoisotopic (exact) mass is 352 g/mol. The van der Waals surface area contributed by atoms with Crippen molar-refractivity contribution in [3.05, 3.63) is 54.1 Å². The molecule has 1 fully saturated rings. The van der Waals surface area contributed by atoms with Crippen molar-refractivity contribution in [3.8, 4) is 16.9 Å². The third-order valence-electron chi connectivity index (χ3n) is 5.05. The van der Waals surface area contributed by atoms with Gasteiger partial charge in [0, 0.05) is 12.0 Å². The molecule has 0 bridgehead atoms. The van der Waals surface area contributed by atoms with Gasteiger partial charge in [0.25, 0.3) is 0 Å². The summed E-state index contributed by atoms with van der Waals surface area (Å²) in [7, 11) is 1.44. The number of aryl methyl sites for hydroxylation is 1. The molecule has 3 heteroatoms. The van der Waals surface area contributed by atoms with E-state index in [1.165, 1.54) is 37.5 Å². The molecule has 0 amide bonds. The second kappa shape index (κ2) is 9.42. The third-order valence-corrected chi connectivity index (χ3v) is 5.05. The van der Waals surface area contributed by atoms with Crippen LogP contribution in [0.5, 0.6) is 5.75 Å². The SMILES string of the molecule is COC(=O)CCCc1ccc(OC2CCCCC2)c(-c2ccccc2)c1. The molecule has 0 N–H and O–H groups in total. The summed E-state index contributed by atoms with van der Waals surface area (Å²) in [5.41, 5.74) is 3.55. The van der Waals surface area contributed by atoms with Crippen molar-refractivity contribution in [2.75, 3.05) is 7.11 Å². The lowest BCUT2D eigenvalue weighted by Gasteiger charge is -2.24. The molecule has 0 radical (unpaired) electrons. The number of methoxy groups -OCH3 is 1. The van der Waals surface area contributed by atoms with E-state index in [2.05, 4.69) is 42.5 Å². The molecule has 2 aromatic carbocycles. The van der Waals surface area contributed by atoms with Gasteiger partial charge in [-0.25, -0.2) is 0 Å². The Morgan fingerprint density at radius 2 is 1.81 bits per heavy atom. The zero-order valence-corrected chi connectivity index (χ0v) is 15.6. The molecular weight excluding hydrogens is 324 g/mol. The fraction of sp³-hybridized carbons (Fsp3) is 0.435. The largest absolute Gasteiger partial charge is 0.490 e. The van der Waals surface area contributed by atoms with Crippen molar-refractivity contribution in [1.82, 2.24) is 0 Å². The minimum atomic E-state index is -0.148. The zero-order chi connectivity index (χ0) is 18.2. The molecule has 0 heterocycles. The average molecular weight is 352 g/mol. The standard InChI is InChI=1S/C23H28O3/c1-25-23(24)14-8-9-18-15-16-22(26-20-12-6-3-7-13-20)21(17-18)19-10-4-2-5-11-19/h2,4-5,10-11,15-17,20H,3,6-9,12-14H2,1H3. The molecular formula is C23H28O3. The third kappa shape index (κ3) is 5.10. The quantitative estimate of drug-likeness (QED) is 0.612. The van der Waals surface area contributed by atoms with Crippen molar-refractivity contribution in [1.29, 1.82) is 0 Å². The van der Waals surface area contributed by atoms with Gasteiger partial charge in [-0.3, -0.25) is 4.79 Å². The number of rotatable bonds is 7. The van der Waals surface area contributed by atoms with E-state index in [-0.39, 0.29) is 5.97 Å². The number of carbonyl (C=O) groups is 1. The topological polar surface area (TPSA) is 35.5 Å². The van der Waals surface area contributed by atoms with Crippen molar-refractivity contribution >= 4 is 5.97 Å². The second-order valence-electron chi connectivity index (χ2n) is 7.00. The van der Waals surface area contributed by atoms with Crippen molar-refractivity contribution in [3.63, 3.8) is 0 Å². The lowest BCUT2D eigenvalue weighted by Crippen LogP contribution is -2.20. The second-order valence-corrected chi connectivity index (χ2v) is 7.00. The number of esters is 1. The van der Waals surface area contributed by atoms with Crippen LogP contribution in [0.15, 0.2) is 48.5 Å². The van der Waals surface area contributed by atoms with Crippen molar-refractivity contribution < 1.29 is 14.3 Å². The number of hydrogen-bond acceptors (Lipinski definition) is 3. The first-order valence-electron chi connectivity index (χ1n) is 9.68. The molecule has 26 heavy (non-hydrogen) atoms. The van der Waals surface area contributed by atoms with Gasteiger partial charge in [0.15, 0.2) is 0 Å². The highest BCUT2D eigenvalue weighted by atomic mass is 16.5. The van der Waals surface area contributed by atoms with Crippen LogP contribution < -0.4 is 4.74 Å². The van der Waals surface area contributed by atoms with E-state index in [0.29, 0.717) is 12.5 Å². The van der Waals surface area contributed by atoms with Crippen LogP contribution in [0.3, 0.4) is 0 Å². The van der Waals surface area contributed by atoms with Gasteiger partial charge >= 0.3 is 5.97 Å². The number of benzene rings is 2. The summed E-state index contributed by atoms with van der Waals surface area (Å²) in [6.45, 7) is 0. The average Bonchev–Trinajstić information content (AvgIpc) is 2.70. The lowest BCUT2D eigenvalue weighted by molar-refractivity contribution is -0.140. The fourth-order valence-corrected chi connectivity index (χ4v) is 3.58. The maximum atomic E-state index is 11.3. The maximum Gasteiger partial charge on any atom is 0.305 e. The number of carbonyl (C=O) groups excluding carboxylic acids is 1. The van der Waals surface area contributed by atoms with Gasteiger partial charge in [0.1, 0.15) is 5.75 Å². The van der Waals surface area contributed by atoms with E-state index in [1.807, 2.05) is 6.07 Å². The summed E-state index contributed by atoms with van der Waals surface area (Å²) in [4.78, 5) is 11.3. The Kier molecular flexibility index (Phi) is 6.70. The van der Waals surface area contributed by atoms with Crippen LogP contribution in [0.25, 0.3) is 11.1 Å². The van der Waals surface area contributed by atoms with E-state index < -0.39 is 0 Å². The van der Waals surface area contributed by atoms with Crippen LogP contribution in [0.4, 0.5) is 0 Å². The number of hydrogen-bond donors (Lipinski definition) is 0. The normalized spacial score (nSPS) is 14.8. The van der Waals surface area contributed by atoms with Crippen molar-refractivity contribution in [2.24, 2.45) is 0 Å². The molecule has 1 aliphatic rings. The first-order valence-corrected chi connectivity index (χ1v) is 9.68. The van der Waals surface area contributed by atoms with Crippen LogP contribution in [0.1, 0.15) is 50.5 Å². The van der Waals surface area contributed by atoms with E-state index >= 15 is 0 Å². The Balaban J connectivity index is 1.78. The molecule has 3 rings (SSSR count). The van der Waals surface area contributed by atoms with E-state index in [1.54, 1.807) is 0 Å². The Morgan fingerprint density at radius 3 is 2.54 bits per heavy atom. The molecule has 0 unspecified atom stereocenters. The highest BCUT2D eigenvalue weighted by Gasteiger charge is 2.17. The molecule has 0 aliphatic heterocycles. The molecule has 3 nitrogen and oxygen atoms in total. The molecule has 138 valence electrons. The van der Waals surface area contributed by atoms with Crippen LogP contribution >= 0.6 is 0 Å². The summed E-state index contributed by atoms with van der Waals surface area (Å²) < 4.78 is 11.1. The van der Waals surface area contributed by atoms with E-state index in [4.69, 9.17) is 9.47 Å². The smallest absolute Gasteiger partial charge is 0.305 e. The first kappa shape index (κ1) is 18.5. The van der Waals surface area contributed by atoms with Crippen LogP contribution in [-0.2, 0) is 16.0 Å². The molecule has 0 atom stereocenters. The minimum Gasteiger partial charge on any atom is -0.490 e. The van der Waals surface area contributed by atoms with E-state index in [9.17, 15) is 4.79 Å². The summed E-state index contributed by atoms with van der Waals surface area (Å²) in [5, 5.41) is 0. The minimum absolute atomic E-state index is 0.148. The van der Waals surface area contributed by atoms with Gasteiger partial charge in [0.2, 0.25) is 0 Å². The molecule has 0 saturated heterocycles. The van der Waals surface area contributed by atoms with Gasteiger partial charge < -0.3 is 9.47 Å². The van der Waals surface area contributed by atoms with Crippen LogP contribution in [0.2, 0.25) is 0 Å². The fourth-order valence-electron chi connectivity index (χ4n) is 3.58. The van der Waals surface area contributed by atoms with Gasteiger partial charge in [0.05, 0.1) is 13.2 Å². The molecule has 0 aromatic heterocycles. The Labute approximate surface area is 156 Å². The summed E-state index contributed by atoms with van der Waals surface area (Å²) in [5.74, 6) is 0.824. The van der Waals surface area contributed by atoms with Crippen LogP contribution in [-0.4, -0.2) is 19.2 Å². The predicted molar refractivity (Wildman–Crippen MR) is 104 cm³/mol. The Morgan fingerprint density at radius 1 is 1.04 bits per heavy atom. The van der Waals surface area contributed by atoms with Gasteiger partial charge in [-0.2, -0.15) is 0 Å². The molecule has 0 spiro atoms. The van der Waals surface area contributed by atoms with Gasteiger partial charge in [-0.15, -0.1) is 0 Å².